The van der Waals surface area contributed by atoms with Crippen molar-refractivity contribution >= 4 is 29.4 Å². The smallest absolute Gasteiger partial charge is 0.258 e. The van der Waals surface area contributed by atoms with Crippen LogP contribution in [0.4, 0.5) is 5.82 Å². The topological polar surface area (TPSA) is 112 Å². The van der Waals surface area contributed by atoms with Gasteiger partial charge in [0.1, 0.15) is 11.9 Å². The van der Waals surface area contributed by atoms with Gasteiger partial charge in [-0.15, -0.1) is 0 Å². The van der Waals surface area contributed by atoms with Gasteiger partial charge in [-0.25, -0.2) is 4.98 Å². The summed E-state index contributed by atoms with van der Waals surface area (Å²) in [5.41, 5.74) is 6.93. The Labute approximate surface area is 156 Å². The number of carbonyl (C=O) groups excluding carboxylic acids is 2. The van der Waals surface area contributed by atoms with Crippen molar-refractivity contribution in [3.05, 3.63) is 59.8 Å². The van der Waals surface area contributed by atoms with E-state index in [9.17, 15) is 9.59 Å². The van der Waals surface area contributed by atoms with Gasteiger partial charge in [-0.3, -0.25) is 14.5 Å². The third-order valence-electron chi connectivity index (χ3n) is 3.53. The Kier molecular flexibility index (Phi) is 7.00. The van der Waals surface area contributed by atoms with Crippen molar-refractivity contribution in [2.45, 2.75) is 11.8 Å². The van der Waals surface area contributed by atoms with E-state index < -0.39 is 17.9 Å². The van der Waals surface area contributed by atoms with Gasteiger partial charge in [0, 0.05) is 24.8 Å². The van der Waals surface area contributed by atoms with Crippen LogP contribution in [0, 0.1) is 11.5 Å². The van der Waals surface area contributed by atoms with Crippen LogP contribution in [0.2, 0.25) is 0 Å². The van der Waals surface area contributed by atoms with Gasteiger partial charge in [-0.05, 0) is 17.7 Å². The van der Waals surface area contributed by atoms with Crippen molar-refractivity contribution in [3.8, 4) is 6.19 Å². The van der Waals surface area contributed by atoms with E-state index in [0.29, 0.717) is 22.9 Å². The number of hydrogen-bond donors (Lipinski definition) is 2. The number of likely N-dealkylation sites (N-methyl/N-ethyl adjacent to an activating group) is 1. The number of nitrogen functional groups attached to an aromatic ring is 1. The molecule has 0 aliphatic carbocycles. The first-order valence-corrected chi connectivity index (χ1v) is 8.98. The minimum atomic E-state index is -0.821. The average molecular weight is 369 g/mol. The van der Waals surface area contributed by atoms with E-state index >= 15 is 0 Å². The minimum Gasteiger partial charge on any atom is -0.384 e. The summed E-state index contributed by atoms with van der Waals surface area (Å²) in [6.45, 7) is 0. The predicted octanol–water partition coefficient (Wildman–Crippen LogP) is 1.64. The van der Waals surface area contributed by atoms with E-state index in [-0.39, 0.29) is 0 Å². The molecule has 0 saturated heterocycles. The Hall–Kier alpha value is -3.05. The Bertz CT molecular complexity index is 789. The molecule has 7 nitrogen and oxygen atoms in total. The highest BCUT2D eigenvalue weighted by Gasteiger charge is 2.24. The van der Waals surface area contributed by atoms with E-state index in [1.54, 1.807) is 6.19 Å². The van der Waals surface area contributed by atoms with E-state index in [1.807, 2.05) is 30.3 Å². The minimum absolute atomic E-state index is 0.296. The molecule has 26 heavy (non-hydrogen) atoms. The van der Waals surface area contributed by atoms with Crippen LogP contribution in [-0.2, 0) is 10.5 Å². The maximum absolute atomic E-state index is 12.4. The largest absolute Gasteiger partial charge is 0.384 e. The van der Waals surface area contributed by atoms with Crippen molar-refractivity contribution in [2.75, 3.05) is 18.5 Å². The van der Waals surface area contributed by atoms with E-state index in [4.69, 9.17) is 11.0 Å². The van der Waals surface area contributed by atoms with Crippen LogP contribution in [0.1, 0.15) is 15.9 Å². The number of pyridine rings is 1. The number of aromatic nitrogens is 1. The Balaban J connectivity index is 2.03. The first-order chi connectivity index (χ1) is 12.5. The number of thioether (sulfide) groups is 1. The van der Waals surface area contributed by atoms with Crippen LogP contribution in [0.3, 0.4) is 0 Å². The second kappa shape index (κ2) is 9.44. The lowest BCUT2D eigenvalue weighted by atomic mass is 10.2. The summed E-state index contributed by atoms with van der Waals surface area (Å²) in [5.74, 6) is 0.428. The standard InChI is InChI=1S/C18H19N5O2S/c1-23(12-19)18(25)15(11-26-10-13-5-3-2-4-6-13)22-17(24)14-7-8-16(20)21-9-14/h2-9,15H,10-11H2,1H3,(H2,20,21)(H,22,24)/t15-/m0/s1. The second-order valence-electron chi connectivity index (χ2n) is 5.50. The monoisotopic (exact) mass is 369 g/mol. The molecule has 134 valence electrons. The van der Waals surface area contributed by atoms with Crippen molar-refractivity contribution < 1.29 is 9.59 Å². The summed E-state index contributed by atoms with van der Waals surface area (Å²) >= 11 is 1.50. The fourth-order valence-electron chi connectivity index (χ4n) is 2.11. The molecular formula is C18H19N5O2S. The molecule has 0 fully saturated rings. The Morgan fingerprint density at radius 2 is 2.04 bits per heavy atom. The van der Waals surface area contributed by atoms with E-state index in [0.717, 1.165) is 10.5 Å². The van der Waals surface area contributed by atoms with Crippen molar-refractivity contribution in [3.63, 3.8) is 0 Å². The van der Waals surface area contributed by atoms with E-state index in [1.165, 1.54) is 37.1 Å². The summed E-state index contributed by atoms with van der Waals surface area (Å²) < 4.78 is 0. The Morgan fingerprint density at radius 3 is 2.65 bits per heavy atom. The number of nitriles is 1. The number of anilines is 1. The summed E-state index contributed by atoms with van der Waals surface area (Å²) in [4.78, 5) is 29.5. The van der Waals surface area contributed by atoms with Crippen molar-refractivity contribution in [2.24, 2.45) is 0 Å². The van der Waals surface area contributed by atoms with Gasteiger partial charge < -0.3 is 11.1 Å². The lowest BCUT2D eigenvalue weighted by Crippen LogP contribution is -2.47. The maximum atomic E-state index is 12.4. The van der Waals surface area contributed by atoms with E-state index in [2.05, 4.69) is 10.3 Å². The molecule has 8 heteroatoms. The first kappa shape index (κ1) is 19.3. The highest BCUT2D eigenvalue weighted by Crippen LogP contribution is 2.14. The molecule has 2 rings (SSSR count). The molecule has 0 radical (unpaired) electrons. The third kappa shape index (κ3) is 5.50. The SMILES string of the molecule is CN(C#N)C(=O)[C@H](CSCc1ccccc1)NC(=O)c1ccc(N)nc1. The summed E-state index contributed by atoms with van der Waals surface area (Å²) in [6.07, 6.45) is 3.11. The van der Waals surface area contributed by atoms with Gasteiger partial charge in [0.05, 0.1) is 5.56 Å². The summed E-state index contributed by atoms with van der Waals surface area (Å²) in [5, 5.41) is 11.6. The molecule has 1 atom stereocenters. The van der Waals surface area contributed by atoms with Crippen LogP contribution < -0.4 is 11.1 Å². The zero-order valence-electron chi connectivity index (χ0n) is 14.3. The number of nitrogens with two attached hydrogens (primary N) is 1. The maximum Gasteiger partial charge on any atom is 0.258 e. The highest BCUT2D eigenvalue weighted by atomic mass is 32.2. The molecule has 0 aliphatic heterocycles. The quantitative estimate of drug-likeness (QED) is 0.567. The number of nitrogens with zero attached hydrogens (tertiary/aromatic N) is 3. The first-order valence-electron chi connectivity index (χ1n) is 7.82. The molecule has 1 aromatic heterocycles. The fourth-order valence-corrected chi connectivity index (χ4v) is 3.12. The van der Waals surface area contributed by atoms with Crippen LogP contribution >= 0.6 is 11.8 Å². The van der Waals surface area contributed by atoms with Gasteiger partial charge in [-0.1, -0.05) is 30.3 Å². The van der Waals surface area contributed by atoms with Gasteiger partial charge in [0.15, 0.2) is 6.19 Å². The molecule has 0 spiro atoms. The third-order valence-corrected chi connectivity index (χ3v) is 4.64. The molecule has 0 saturated carbocycles. The number of hydrogen-bond acceptors (Lipinski definition) is 6. The van der Waals surface area contributed by atoms with Crippen LogP contribution in [0.15, 0.2) is 48.7 Å². The molecular weight excluding hydrogens is 350 g/mol. The summed E-state index contributed by atoms with van der Waals surface area (Å²) in [6, 6.07) is 12.0. The number of carbonyl (C=O) groups is 2. The van der Waals surface area contributed by atoms with Gasteiger partial charge in [-0.2, -0.15) is 17.0 Å². The Morgan fingerprint density at radius 1 is 1.31 bits per heavy atom. The second-order valence-corrected chi connectivity index (χ2v) is 6.53. The molecule has 2 amide bonds. The van der Waals surface area contributed by atoms with Crippen molar-refractivity contribution in [1.82, 2.24) is 15.2 Å². The van der Waals surface area contributed by atoms with Crippen LogP contribution in [0.25, 0.3) is 0 Å². The van der Waals surface area contributed by atoms with Crippen LogP contribution in [0.5, 0.6) is 0 Å². The number of rotatable bonds is 7. The molecule has 1 aromatic carbocycles. The fraction of sp³-hybridized carbons (Fsp3) is 0.222. The van der Waals surface area contributed by atoms with Crippen LogP contribution in [-0.4, -0.2) is 40.5 Å². The molecule has 3 N–H and O–H groups in total. The average Bonchev–Trinajstić information content (AvgIpc) is 2.67. The number of nitrogens with one attached hydrogen (secondary N) is 1. The van der Waals surface area contributed by atoms with Gasteiger partial charge in [0.2, 0.25) is 0 Å². The normalized spacial score (nSPS) is 11.2. The lowest BCUT2D eigenvalue weighted by Gasteiger charge is -2.20. The summed E-state index contributed by atoms with van der Waals surface area (Å²) in [7, 11) is 1.37. The molecule has 1 heterocycles. The molecule has 0 unspecified atom stereocenters. The molecule has 2 aromatic rings. The number of benzene rings is 1. The molecule has 0 aliphatic rings. The van der Waals surface area contributed by atoms with Crippen molar-refractivity contribution in [1.29, 1.82) is 5.26 Å². The predicted molar refractivity (Wildman–Crippen MR) is 101 cm³/mol. The van der Waals surface area contributed by atoms with Gasteiger partial charge >= 0.3 is 0 Å². The lowest BCUT2D eigenvalue weighted by molar-refractivity contribution is -0.128. The number of amides is 2. The zero-order chi connectivity index (χ0) is 18.9. The van der Waals surface area contributed by atoms with Gasteiger partial charge in [0.25, 0.3) is 11.8 Å². The molecule has 0 bridgehead atoms. The zero-order valence-corrected chi connectivity index (χ0v) is 15.1. The highest BCUT2D eigenvalue weighted by molar-refractivity contribution is 7.98.